The van der Waals surface area contributed by atoms with Crippen LogP contribution in [0.3, 0.4) is 0 Å². The first-order valence-electron chi connectivity index (χ1n) is 5.63. The van der Waals surface area contributed by atoms with Crippen LogP contribution in [0.5, 0.6) is 0 Å². The van der Waals surface area contributed by atoms with E-state index in [1.165, 1.54) is 12.0 Å². The highest BCUT2D eigenvalue weighted by atomic mass is 16.5. The van der Waals surface area contributed by atoms with E-state index in [1.807, 2.05) is 6.07 Å². The number of benzene rings is 1. The van der Waals surface area contributed by atoms with Gasteiger partial charge in [-0.05, 0) is 19.0 Å². The van der Waals surface area contributed by atoms with Gasteiger partial charge in [0.1, 0.15) is 0 Å². The van der Waals surface area contributed by atoms with Crippen LogP contribution in [0.1, 0.15) is 25.3 Å². The third-order valence-corrected chi connectivity index (χ3v) is 2.25. The summed E-state index contributed by atoms with van der Waals surface area (Å²) in [4.78, 5) is 2.19. The van der Waals surface area contributed by atoms with Gasteiger partial charge in [0.2, 0.25) is 0 Å². The maximum Gasteiger partial charge on any atom is 0.0990 e. The lowest BCUT2D eigenvalue weighted by atomic mass is 10.2. The molecule has 0 aliphatic rings. The molecule has 0 saturated carbocycles. The lowest BCUT2D eigenvalue weighted by Gasteiger charge is -2.16. The first kappa shape index (κ1) is 12.2. The van der Waals surface area contributed by atoms with E-state index in [0.717, 1.165) is 26.3 Å². The van der Waals surface area contributed by atoms with Crippen LogP contribution in [0.25, 0.3) is 0 Å². The van der Waals surface area contributed by atoms with Crippen molar-refractivity contribution < 1.29 is 4.74 Å². The monoisotopic (exact) mass is 207 g/mol. The van der Waals surface area contributed by atoms with Crippen molar-refractivity contribution in [2.45, 2.75) is 26.3 Å². The van der Waals surface area contributed by atoms with E-state index in [0.29, 0.717) is 0 Å². The molecule has 0 N–H and O–H groups in total. The van der Waals surface area contributed by atoms with Gasteiger partial charge in [-0.2, -0.15) is 0 Å². The highest BCUT2D eigenvalue weighted by Gasteiger charge is 1.98. The van der Waals surface area contributed by atoms with Gasteiger partial charge in [-0.15, -0.1) is 0 Å². The minimum Gasteiger partial charge on any atom is -0.366 e. The fourth-order valence-electron chi connectivity index (χ4n) is 1.41. The number of hydrogen-bond acceptors (Lipinski definition) is 2. The normalized spacial score (nSPS) is 10.9. The van der Waals surface area contributed by atoms with E-state index in [-0.39, 0.29) is 0 Å². The van der Waals surface area contributed by atoms with Crippen molar-refractivity contribution in [1.82, 2.24) is 4.90 Å². The van der Waals surface area contributed by atoms with Crippen LogP contribution in [0.2, 0.25) is 0 Å². The quantitative estimate of drug-likeness (QED) is 0.503. The minimum absolute atomic E-state index is 0.717. The standard InChI is InChI=1S/C13H21NO/c1-3-4-10-15-12-14(2)11-13-8-6-5-7-9-13/h5-9H,3-4,10-12H2,1-2H3. The number of rotatable bonds is 7. The molecular weight excluding hydrogens is 186 g/mol. The Kier molecular flexibility index (Phi) is 6.05. The third-order valence-electron chi connectivity index (χ3n) is 2.25. The van der Waals surface area contributed by atoms with Crippen LogP contribution in [0.15, 0.2) is 30.3 Å². The first-order valence-corrected chi connectivity index (χ1v) is 5.63. The van der Waals surface area contributed by atoms with Gasteiger partial charge in [-0.3, -0.25) is 4.90 Å². The number of unbranched alkanes of at least 4 members (excludes halogenated alkanes) is 1. The zero-order valence-corrected chi connectivity index (χ0v) is 9.78. The van der Waals surface area contributed by atoms with Gasteiger partial charge in [0, 0.05) is 13.2 Å². The van der Waals surface area contributed by atoms with E-state index in [9.17, 15) is 0 Å². The van der Waals surface area contributed by atoms with Gasteiger partial charge in [0.25, 0.3) is 0 Å². The van der Waals surface area contributed by atoms with Crippen molar-refractivity contribution in [3.8, 4) is 0 Å². The summed E-state index contributed by atoms with van der Waals surface area (Å²) in [5.74, 6) is 0. The Morgan fingerprint density at radius 3 is 2.60 bits per heavy atom. The molecule has 0 aromatic heterocycles. The van der Waals surface area contributed by atoms with Gasteiger partial charge >= 0.3 is 0 Å². The molecule has 0 atom stereocenters. The molecule has 1 aromatic carbocycles. The molecule has 0 fully saturated rings. The Morgan fingerprint density at radius 1 is 1.20 bits per heavy atom. The van der Waals surface area contributed by atoms with Crippen LogP contribution >= 0.6 is 0 Å². The van der Waals surface area contributed by atoms with Crippen molar-refractivity contribution in [2.75, 3.05) is 20.4 Å². The number of ether oxygens (including phenoxy) is 1. The molecule has 0 heterocycles. The summed E-state index contributed by atoms with van der Waals surface area (Å²) in [6.45, 7) is 4.72. The summed E-state index contributed by atoms with van der Waals surface area (Å²) in [6, 6.07) is 10.5. The summed E-state index contributed by atoms with van der Waals surface area (Å²) in [5.41, 5.74) is 1.33. The molecule has 15 heavy (non-hydrogen) atoms. The molecule has 0 radical (unpaired) electrons. The van der Waals surface area contributed by atoms with Crippen molar-refractivity contribution in [3.63, 3.8) is 0 Å². The summed E-state index contributed by atoms with van der Waals surface area (Å²) in [5, 5.41) is 0. The molecule has 1 aromatic rings. The van der Waals surface area contributed by atoms with Gasteiger partial charge in [-0.25, -0.2) is 0 Å². The van der Waals surface area contributed by atoms with E-state index in [4.69, 9.17) is 4.74 Å². The molecule has 0 aliphatic carbocycles. The van der Waals surface area contributed by atoms with Crippen LogP contribution < -0.4 is 0 Å². The zero-order valence-electron chi connectivity index (χ0n) is 9.78. The molecule has 0 spiro atoms. The Balaban J connectivity index is 2.16. The van der Waals surface area contributed by atoms with Crippen molar-refractivity contribution in [3.05, 3.63) is 35.9 Å². The van der Waals surface area contributed by atoms with Gasteiger partial charge < -0.3 is 4.74 Å². The summed E-state index contributed by atoms with van der Waals surface area (Å²) >= 11 is 0. The van der Waals surface area contributed by atoms with E-state index >= 15 is 0 Å². The lowest BCUT2D eigenvalue weighted by molar-refractivity contribution is 0.0376. The predicted octanol–water partition coefficient (Wildman–Crippen LogP) is 2.89. The van der Waals surface area contributed by atoms with E-state index in [1.54, 1.807) is 0 Å². The summed E-state index contributed by atoms with van der Waals surface area (Å²) < 4.78 is 5.53. The molecular formula is C13H21NO. The van der Waals surface area contributed by atoms with Crippen LogP contribution in [0.4, 0.5) is 0 Å². The Hall–Kier alpha value is -0.860. The second-order valence-corrected chi connectivity index (χ2v) is 3.89. The van der Waals surface area contributed by atoms with Crippen molar-refractivity contribution in [2.24, 2.45) is 0 Å². The van der Waals surface area contributed by atoms with Crippen LogP contribution in [-0.4, -0.2) is 25.3 Å². The van der Waals surface area contributed by atoms with Gasteiger partial charge in [0.05, 0.1) is 6.73 Å². The molecule has 2 nitrogen and oxygen atoms in total. The molecule has 0 saturated heterocycles. The minimum atomic E-state index is 0.717. The Labute approximate surface area is 92.9 Å². The topological polar surface area (TPSA) is 12.5 Å². The lowest BCUT2D eigenvalue weighted by Crippen LogP contribution is -2.21. The number of nitrogens with zero attached hydrogens (tertiary/aromatic N) is 1. The Morgan fingerprint density at radius 2 is 1.93 bits per heavy atom. The van der Waals surface area contributed by atoms with Gasteiger partial charge in [0.15, 0.2) is 0 Å². The van der Waals surface area contributed by atoms with Crippen molar-refractivity contribution >= 4 is 0 Å². The fourth-order valence-corrected chi connectivity index (χ4v) is 1.41. The molecule has 0 bridgehead atoms. The maximum absolute atomic E-state index is 5.53. The third kappa shape index (κ3) is 5.55. The van der Waals surface area contributed by atoms with E-state index < -0.39 is 0 Å². The molecule has 0 amide bonds. The summed E-state index contributed by atoms with van der Waals surface area (Å²) in [7, 11) is 2.08. The fraction of sp³-hybridized carbons (Fsp3) is 0.538. The van der Waals surface area contributed by atoms with Crippen molar-refractivity contribution in [1.29, 1.82) is 0 Å². The molecule has 1 rings (SSSR count). The van der Waals surface area contributed by atoms with E-state index in [2.05, 4.69) is 43.1 Å². The van der Waals surface area contributed by atoms with Gasteiger partial charge in [-0.1, -0.05) is 43.7 Å². The predicted molar refractivity (Wildman–Crippen MR) is 63.6 cm³/mol. The van der Waals surface area contributed by atoms with Crippen LogP contribution in [0, 0.1) is 0 Å². The second kappa shape index (κ2) is 7.43. The number of hydrogen-bond donors (Lipinski definition) is 0. The maximum atomic E-state index is 5.53. The molecule has 84 valence electrons. The highest BCUT2D eigenvalue weighted by molar-refractivity contribution is 5.14. The molecule has 0 aliphatic heterocycles. The average molecular weight is 207 g/mol. The summed E-state index contributed by atoms with van der Waals surface area (Å²) in [6.07, 6.45) is 2.35. The van der Waals surface area contributed by atoms with Crippen LogP contribution in [-0.2, 0) is 11.3 Å². The second-order valence-electron chi connectivity index (χ2n) is 3.89. The zero-order chi connectivity index (χ0) is 10.9. The molecule has 0 unspecified atom stereocenters. The highest BCUT2D eigenvalue weighted by Crippen LogP contribution is 2.02. The largest absolute Gasteiger partial charge is 0.366 e. The first-order chi connectivity index (χ1) is 7.33. The Bertz CT molecular complexity index is 248. The smallest absolute Gasteiger partial charge is 0.0990 e. The molecule has 2 heteroatoms. The average Bonchev–Trinajstić information content (AvgIpc) is 2.26. The SMILES string of the molecule is CCCCOCN(C)Cc1ccccc1.